The molecular formula is C17H18ClF6N2P. The summed E-state index contributed by atoms with van der Waals surface area (Å²) < 4.78 is 80.6. The fraction of sp³-hybridized carbons (Fsp3) is 0.412. The monoisotopic (exact) mass is 430 g/mol. The van der Waals surface area contributed by atoms with Gasteiger partial charge >= 0.3 is 12.4 Å². The van der Waals surface area contributed by atoms with E-state index in [4.69, 9.17) is 11.6 Å². The Balaban J connectivity index is 2.83. The molecule has 0 amide bonds. The number of benzene rings is 1. The number of aryl methyl sites for hydroxylation is 2. The van der Waals surface area contributed by atoms with E-state index in [-0.39, 0.29) is 10.2 Å². The SMILES string of the molecule is C=P(C)(C)Cc1cc(-c2nn(C)c(C(F)(F)F)c2C(F)(F)F)c(C)cc1Cl. The first-order valence-electron chi connectivity index (χ1n) is 7.70. The molecule has 2 rings (SSSR count). The normalized spacial score (nSPS) is 13.3. The van der Waals surface area contributed by atoms with Gasteiger partial charge in [-0.05, 0) is 49.7 Å². The Morgan fingerprint density at radius 3 is 2.11 bits per heavy atom. The van der Waals surface area contributed by atoms with Gasteiger partial charge in [-0.3, -0.25) is 4.68 Å². The molecule has 0 N–H and O–H groups in total. The van der Waals surface area contributed by atoms with E-state index in [9.17, 15) is 26.3 Å². The van der Waals surface area contributed by atoms with E-state index in [1.807, 2.05) is 13.3 Å². The summed E-state index contributed by atoms with van der Waals surface area (Å²) in [5.41, 5.74) is -3.56. The molecule has 1 aromatic carbocycles. The zero-order valence-corrected chi connectivity index (χ0v) is 16.7. The fourth-order valence-corrected chi connectivity index (χ4v) is 4.42. The molecule has 0 spiro atoms. The second kappa shape index (κ2) is 6.89. The van der Waals surface area contributed by atoms with E-state index < -0.39 is 36.2 Å². The predicted octanol–water partition coefficient (Wildman–Crippen LogP) is 6.30. The maximum absolute atomic E-state index is 13.5. The van der Waals surface area contributed by atoms with Gasteiger partial charge in [0, 0.05) is 17.6 Å². The van der Waals surface area contributed by atoms with Crippen LogP contribution in [0.15, 0.2) is 12.1 Å². The summed E-state index contributed by atoms with van der Waals surface area (Å²) in [6.07, 6.45) is -5.94. The predicted molar refractivity (Wildman–Crippen MR) is 98.0 cm³/mol. The highest BCUT2D eigenvalue weighted by Gasteiger charge is 2.49. The van der Waals surface area contributed by atoms with Gasteiger partial charge in [0.2, 0.25) is 0 Å². The molecular weight excluding hydrogens is 413 g/mol. The van der Waals surface area contributed by atoms with Crippen LogP contribution in [-0.2, 0) is 25.6 Å². The number of rotatable bonds is 3. The van der Waals surface area contributed by atoms with E-state index in [1.54, 1.807) is 0 Å². The lowest BCUT2D eigenvalue weighted by Gasteiger charge is -2.17. The third-order valence-corrected chi connectivity index (χ3v) is 5.39. The standard InChI is InChI=1S/C17H18ClF6N2P/c1-9-6-12(18)10(8-27(3,4)5)7-11(9)14-13(16(19,20)21)15(17(22,23)24)26(2)25-14/h6-7H,3,8H2,1-2,4-5H3. The zero-order valence-electron chi connectivity index (χ0n) is 15.1. The number of hydrogen-bond acceptors (Lipinski definition) is 1. The van der Waals surface area contributed by atoms with Crippen molar-refractivity contribution in [2.24, 2.45) is 7.05 Å². The molecule has 27 heavy (non-hydrogen) atoms. The molecule has 1 heterocycles. The van der Waals surface area contributed by atoms with E-state index in [0.717, 1.165) is 7.05 Å². The Bertz CT molecular complexity index is 921. The van der Waals surface area contributed by atoms with Crippen LogP contribution in [0.2, 0.25) is 5.02 Å². The van der Waals surface area contributed by atoms with Crippen LogP contribution < -0.4 is 0 Å². The number of aromatic nitrogens is 2. The van der Waals surface area contributed by atoms with Crippen LogP contribution in [0.3, 0.4) is 0 Å². The van der Waals surface area contributed by atoms with Gasteiger partial charge in [-0.15, -0.1) is 13.2 Å². The van der Waals surface area contributed by atoms with Crippen molar-refractivity contribution in [3.05, 3.63) is 39.5 Å². The highest BCUT2D eigenvalue weighted by molar-refractivity contribution is 7.71. The van der Waals surface area contributed by atoms with Crippen LogP contribution in [0, 0.1) is 6.92 Å². The van der Waals surface area contributed by atoms with Crippen LogP contribution in [0.25, 0.3) is 11.3 Å². The summed E-state index contributed by atoms with van der Waals surface area (Å²) in [5.74, 6) is 0. The number of alkyl halides is 6. The lowest BCUT2D eigenvalue weighted by molar-refractivity contribution is -0.165. The minimum absolute atomic E-state index is 0.0266. The second-order valence-corrected chi connectivity index (χ2v) is 11.6. The third-order valence-electron chi connectivity index (χ3n) is 3.85. The van der Waals surface area contributed by atoms with Gasteiger partial charge < -0.3 is 0 Å². The van der Waals surface area contributed by atoms with Gasteiger partial charge in [-0.2, -0.15) is 31.4 Å². The molecule has 0 radical (unpaired) electrons. The summed E-state index contributed by atoms with van der Waals surface area (Å²) in [5, 5.41) is 3.91. The summed E-state index contributed by atoms with van der Waals surface area (Å²) in [6.45, 7) is 3.70. The number of halogens is 7. The van der Waals surface area contributed by atoms with Crippen molar-refractivity contribution < 1.29 is 26.3 Å². The zero-order chi connectivity index (χ0) is 20.9. The van der Waals surface area contributed by atoms with Gasteiger partial charge in [-0.25, -0.2) is 0 Å². The van der Waals surface area contributed by atoms with Gasteiger partial charge in [0.25, 0.3) is 0 Å². The van der Waals surface area contributed by atoms with Crippen LogP contribution in [0.5, 0.6) is 0 Å². The van der Waals surface area contributed by atoms with E-state index in [1.165, 1.54) is 19.1 Å². The molecule has 0 unspecified atom stereocenters. The summed E-state index contributed by atoms with van der Waals surface area (Å²) in [7, 11) is 0.846. The summed E-state index contributed by atoms with van der Waals surface area (Å²) in [6, 6.07) is 2.84. The lowest BCUT2D eigenvalue weighted by Crippen LogP contribution is -2.19. The molecule has 0 saturated heterocycles. The smallest absolute Gasteiger partial charge is 0.262 e. The molecule has 10 heteroatoms. The van der Waals surface area contributed by atoms with Crippen LogP contribution in [0.1, 0.15) is 22.4 Å². The Morgan fingerprint density at radius 2 is 1.67 bits per heavy atom. The van der Waals surface area contributed by atoms with Crippen molar-refractivity contribution in [2.45, 2.75) is 25.4 Å². The van der Waals surface area contributed by atoms with Crippen LogP contribution >= 0.6 is 18.5 Å². The Labute approximate surface area is 158 Å². The highest BCUT2D eigenvalue weighted by Crippen LogP contribution is 2.47. The van der Waals surface area contributed by atoms with Gasteiger partial charge in [0.1, 0.15) is 11.3 Å². The Morgan fingerprint density at radius 1 is 1.11 bits per heavy atom. The molecule has 0 atom stereocenters. The fourth-order valence-electron chi connectivity index (χ4n) is 2.86. The quantitative estimate of drug-likeness (QED) is 0.413. The van der Waals surface area contributed by atoms with Crippen molar-refractivity contribution in [1.29, 1.82) is 0 Å². The van der Waals surface area contributed by atoms with Crippen molar-refractivity contribution in [3.63, 3.8) is 0 Å². The molecule has 0 aliphatic carbocycles. The van der Waals surface area contributed by atoms with E-state index in [0.29, 0.717) is 22.3 Å². The summed E-state index contributed by atoms with van der Waals surface area (Å²) in [4.78, 5) is 0. The lowest BCUT2D eigenvalue weighted by atomic mass is 9.98. The maximum atomic E-state index is 13.5. The molecule has 150 valence electrons. The van der Waals surface area contributed by atoms with Gasteiger partial charge in [0.05, 0.1) is 0 Å². The van der Waals surface area contributed by atoms with E-state index in [2.05, 4.69) is 11.4 Å². The largest absolute Gasteiger partial charge is 0.433 e. The number of hydrogen-bond donors (Lipinski definition) is 0. The van der Waals surface area contributed by atoms with Crippen molar-refractivity contribution in [2.75, 3.05) is 13.3 Å². The molecule has 2 aromatic rings. The highest BCUT2D eigenvalue weighted by atomic mass is 35.5. The first kappa shape index (κ1) is 21.9. The van der Waals surface area contributed by atoms with Gasteiger partial charge in [-0.1, -0.05) is 11.6 Å². The molecule has 0 saturated carbocycles. The molecule has 0 fully saturated rings. The minimum Gasteiger partial charge on any atom is -0.262 e. The molecule has 1 aromatic heterocycles. The number of nitrogens with zero attached hydrogens (tertiary/aromatic N) is 2. The average Bonchev–Trinajstić information content (AvgIpc) is 2.77. The molecule has 0 aliphatic heterocycles. The molecule has 2 nitrogen and oxygen atoms in total. The van der Waals surface area contributed by atoms with Crippen molar-refractivity contribution in [3.8, 4) is 11.3 Å². The van der Waals surface area contributed by atoms with Crippen molar-refractivity contribution >= 4 is 24.8 Å². The minimum atomic E-state index is -5.22. The molecule has 0 bridgehead atoms. The van der Waals surface area contributed by atoms with E-state index >= 15 is 0 Å². The summed E-state index contributed by atoms with van der Waals surface area (Å²) >= 11 is 6.20. The first-order valence-corrected chi connectivity index (χ1v) is 11.1. The van der Waals surface area contributed by atoms with Crippen LogP contribution in [0.4, 0.5) is 26.3 Å². The Kier molecular flexibility index (Phi) is 5.59. The average molecular weight is 431 g/mol. The Hall–Kier alpha value is -1.40. The third kappa shape index (κ3) is 4.72. The van der Waals surface area contributed by atoms with Gasteiger partial charge in [0.15, 0.2) is 5.69 Å². The van der Waals surface area contributed by atoms with Crippen molar-refractivity contribution in [1.82, 2.24) is 9.78 Å². The first-order chi connectivity index (χ1) is 12.0. The van der Waals surface area contributed by atoms with Crippen LogP contribution in [-0.4, -0.2) is 29.4 Å². The second-order valence-electron chi connectivity index (χ2n) is 7.04. The topological polar surface area (TPSA) is 17.8 Å². The molecule has 0 aliphatic rings. The maximum Gasteiger partial charge on any atom is 0.433 e.